The molecule has 2 bridgehead atoms. The van der Waals surface area contributed by atoms with E-state index in [-0.39, 0.29) is 0 Å². The highest BCUT2D eigenvalue weighted by Gasteiger charge is 2.59. The molecule has 2 aliphatic heterocycles. The van der Waals surface area contributed by atoms with E-state index in [4.69, 9.17) is 4.74 Å². The van der Waals surface area contributed by atoms with Crippen LogP contribution in [0.5, 0.6) is 0 Å². The maximum atomic E-state index is 12.4. The highest BCUT2D eigenvalue weighted by molar-refractivity contribution is 5.96. The number of rotatable bonds is 3. The Morgan fingerprint density at radius 2 is 1.87 bits per heavy atom. The minimum absolute atomic E-state index is 0.387. The molecule has 3 rings (SSSR count). The van der Waals surface area contributed by atoms with E-state index in [0.717, 1.165) is 0 Å². The number of carboxylic acid groups (broad SMARTS) is 1. The van der Waals surface area contributed by atoms with E-state index in [9.17, 15) is 19.5 Å². The van der Waals surface area contributed by atoms with E-state index in [1.807, 2.05) is 0 Å². The Bertz CT molecular complexity index is 687. The van der Waals surface area contributed by atoms with Crippen LogP contribution in [0.15, 0.2) is 42.5 Å². The molecule has 4 atom stereocenters. The summed E-state index contributed by atoms with van der Waals surface area (Å²) in [6, 6.07) is 8.38. The van der Waals surface area contributed by atoms with Gasteiger partial charge in [0.2, 0.25) is 5.91 Å². The number of hydrogen-bond donors (Lipinski definition) is 3. The molecule has 1 fully saturated rings. The zero-order valence-corrected chi connectivity index (χ0v) is 12.4. The lowest BCUT2D eigenvalue weighted by molar-refractivity contribution is -0.147. The van der Waals surface area contributed by atoms with Crippen molar-refractivity contribution in [3.8, 4) is 0 Å². The van der Waals surface area contributed by atoms with Crippen molar-refractivity contribution in [1.29, 1.82) is 0 Å². The second-order valence-electron chi connectivity index (χ2n) is 5.78. The number of nitrogens with one attached hydrogen (secondary N) is 2. The molecule has 3 N–H and O–H groups in total. The van der Waals surface area contributed by atoms with Crippen molar-refractivity contribution in [2.24, 2.45) is 11.8 Å². The Morgan fingerprint density at radius 3 is 2.52 bits per heavy atom. The second-order valence-corrected chi connectivity index (χ2v) is 5.78. The van der Waals surface area contributed by atoms with E-state index >= 15 is 0 Å². The standard InChI is InChI=1S/C16H16N2O5/c1-16-8-7-10(23-16)11(15(21)22)12(16)14(20)18-17-13(19)9-5-3-2-4-6-9/h2-8,10-12H,1H3,(H,17,19)(H,18,20)(H,21,22)/t10-,11-,12-,16+/m1/s1. The molecule has 7 nitrogen and oxygen atoms in total. The van der Waals surface area contributed by atoms with Gasteiger partial charge in [-0.1, -0.05) is 30.4 Å². The van der Waals surface area contributed by atoms with Crippen LogP contribution in [-0.4, -0.2) is 34.6 Å². The SMILES string of the molecule is C[C@@]12C=C[C@@H](O1)[C@@H](C(=O)O)[C@@H]2C(=O)NNC(=O)c1ccccc1. The summed E-state index contributed by atoms with van der Waals surface area (Å²) < 4.78 is 5.59. The third kappa shape index (κ3) is 2.59. The largest absolute Gasteiger partial charge is 0.481 e. The van der Waals surface area contributed by atoms with Gasteiger partial charge in [-0.3, -0.25) is 25.2 Å². The van der Waals surface area contributed by atoms with Gasteiger partial charge in [0.15, 0.2) is 0 Å². The summed E-state index contributed by atoms with van der Waals surface area (Å²) in [5.74, 6) is -4.05. The summed E-state index contributed by atoms with van der Waals surface area (Å²) in [6.45, 7) is 1.66. The van der Waals surface area contributed by atoms with Gasteiger partial charge in [-0.2, -0.15) is 0 Å². The number of hydrogen-bond acceptors (Lipinski definition) is 4. The summed E-state index contributed by atoms with van der Waals surface area (Å²) in [7, 11) is 0. The van der Waals surface area contributed by atoms with Crippen LogP contribution in [0.1, 0.15) is 17.3 Å². The van der Waals surface area contributed by atoms with Crippen molar-refractivity contribution in [2.45, 2.75) is 18.6 Å². The van der Waals surface area contributed by atoms with Gasteiger partial charge in [0, 0.05) is 5.56 Å². The molecule has 23 heavy (non-hydrogen) atoms. The van der Waals surface area contributed by atoms with Crippen molar-refractivity contribution in [1.82, 2.24) is 10.9 Å². The molecule has 0 aliphatic carbocycles. The first-order valence-electron chi connectivity index (χ1n) is 7.17. The van der Waals surface area contributed by atoms with Crippen LogP contribution in [0, 0.1) is 11.8 Å². The number of amides is 2. The Labute approximate surface area is 132 Å². The fraction of sp³-hybridized carbons (Fsp3) is 0.312. The molecule has 1 saturated heterocycles. The van der Waals surface area contributed by atoms with Crippen molar-refractivity contribution >= 4 is 17.8 Å². The predicted molar refractivity (Wildman–Crippen MR) is 79.1 cm³/mol. The van der Waals surface area contributed by atoms with Gasteiger partial charge in [-0.25, -0.2) is 0 Å². The Balaban J connectivity index is 1.69. The van der Waals surface area contributed by atoms with E-state index in [0.29, 0.717) is 5.56 Å². The summed E-state index contributed by atoms with van der Waals surface area (Å²) in [5.41, 5.74) is 4.01. The number of hydrazine groups is 1. The average molecular weight is 316 g/mol. The van der Waals surface area contributed by atoms with Crippen LogP contribution in [0.2, 0.25) is 0 Å². The molecule has 2 aliphatic rings. The highest BCUT2D eigenvalue weighted by atomic mass is 16.5. The molecule has 2 heterocycles. The molecule has 120 valence electrons. The smallest absolute Gasteiger partial charge is 0.310 e. The molecular formula is C16H16N2O5. The maximum Gasteiger partial charge on any atom is 0.310 e. The monoisotopic (exact) mass is 316 g/mol. The second kappa shape index (κ2) is 5.51. The summed E-state index contributed by atoms with van der Waals surface area (Å²) in [4.78, 5) is 35.7. The quantitative estimate of drug-likeness (QED) is 0.556. The van der Waals surface area contributed by atoms with Crippen molar-refractivity contribution in [3.05, 3.63) is 48.0 Å². The Kier molecular flexibility index (Phi) is 3.65. The van der Waals surface area contributed by atoms with Gasteiger partial charge in [-0.05, 0) is 19.1 Å². The zero-order valence-electron chi connectivity index (χ0n) is 12.4. The van der Waals surface area contributed by atoms with E-state index in [1.54, 1.807) is 49.4 Å². The first-order valence-corrected chi connectivity index (χ1v) is 7.17. The van der Waals surface area contributed by atoms with E-state index in [2.05, 4.69) is 10.9 Å². The maximum absolute atomic E-state index is 12.4. The Morgan fingerprint density at radius 1 is 1.17 bits per heavy atom. The van der Waals surface area contributed by atoms with Crippen LogP contribution in [0.25, 0.3) is 0 Å². The molecule has 1 aromatic rings. The molecule has 0 unspecified atom stereocenters. The molecule has 0 saturated carbocycles. The molecule has 2 amide bonds. The third-order valence-corrected chi connectivity index (χ3v) is 4.24. The third-order valence-electron chi connectivity index (χ3n) is 4.24. The molecule has 1 aromatic carbocycles. The van der Waals surface area contributed by atoms with Crippen molar-refractivity contribution < 1.29 is 24.2 Å². The Hall–Kier alpha value is -2.67. The van der Waals surface area contributed by atoms with Gasteiger partial charge in [0.05, 0.1) is 17.6 Å². The van der Waals surface area contributed by atoms with Crippen LogP contribution in [-0.2, 0) is 14.3 Å². The van der Waals surface area contributed by atoms with Crippen molar-refractivity contribution in [3.63, 3.8) is 0 Å². The summed E-state index contributed by atoms with van der Waals surface area (Å²) >= 11 is 0. The number of ether oxygens (including phenoxy) is 1. The summed E-state index contributed by atoms with van der Waals surface area (Å²) in [5, 5.41) is 9.34. The van der Waals surface area contributed by atoms with E-state index in [1.165, 1.54) is 0 Å². The molecule has 7 heteroatoms. The van der Waals surface area contributed by atoms with Crippen LogP contribution >= 0.6 is 0 Å². The lowest BCUT2D eigenvalue weighted by Crippen LogP contribution is -2.52. The number of aliphatic carboxylic acids is 1. The first-order chi connectivity index (χ1) is 10.9. The molecular weight excluding hydrogens is 300 g/mol. The molecule has 0 radical (unpaired) electrons. The van der Waals surface area contributed by atoms with Crippen LogP contribution < -0.4 is 10.9 Å². The van der Waals surface area contributed by atoms with Crippen molar-refractivity contribution in [2.75, 3.05) is 0 Å². The number of carboxylic acids is 1. The van der Waals surface area contributed by atoms with Gasteiger partial charge in [0.25, 0.3) is 5.91 Å². The highest BCUT2D eigenvalue weighted by Crippen LogP contribution is 2.46. The van der Waals surface area contributed by atoms with Crippen LogP contribution in [0.3, 0.4) is 0 Å². The van der Waals surface area contributed by atoms with Gasteiger partial charge >= 0.3 is 5.97 Å². The fourth-order valence-corrected chi connectivity index (χ4v) is 3.14. The van der Waals surface area contributed by atoms with Gasteiger partial charge in [-0.15, -0.1) is 0 Å². The van der Waals surface area contributed by atoms with Gasteiger partial charge < -0.3 is 9.84 Å². The zero-order chi connectivity index (χ0) is 16.6. The molecule has 0 spiro atoms. The minimum Gasteiger partial charge on any atom is -0.481 e. The topological polar surface area (TPSA) is 105 Å². The number of carbonyl (C=O) groups excluding carboxylic acids is 2. The summed E-state index contributed by atoms with van der Waals surface area (Å²) in [6.07, 6.45) is 2.73. The molecule has 0 aromatic heterocycles. The first kappa shape index (κ1) is 15.2. The number of fused-ring (bicyclic) bond motifs is 2. The lowest BCUT2D eigenvalue weighted by atomic mass is 9.76. The number of carbonyl (C=O) groups is 3. The van der Waals surface area contributed by atoms with Gasteiger partial charge in [0.1, 0.15) is 5.92 Å². The number of benzene rings is 1. The van der Waals surface area contributed by atoms with E-state index < -0.39 is 41.3 Å². The predicted octanol–water partition coefficient (Wildman–Crippen LogP) is 0.492. The normalized spacial score (nSPS) is 30.9. The van der Waals surface area contributed by atoms with Crippen LogP contribution in [0.4, 0.5) is 0 Å². The minimum atomic E-state index is -1.10. The lowest BCUT2D eigenvalue weighted by Gasteiger charge is -2.27. The average Bonchev–Trinajstić information content (AvgIpc) is 3.06. The fourth-order valence-electron chi connectivity index (χ4n) is 3.14.